The highest BCUT2D eigenvalue weighted by Crippen LogP contribution is 2.29. The molecule has 4 aromatic rings. The molecule has 0 aromatic heterocycles. The van der Waals surface area contributed by atoms with Crippen LogP contribution in [0.15, 0.2) is 106 Å². The van der Waals surface area contributed by atoms with E-state index in [1.54, 1.807) is 84.9 Å². The van der Waals surface area contributed by atoms with Gasteiger partial charge < -0.3 is 9.47 Å². The van der Waals surface area contributed by atoms with Crippen LogP contribution >= 0.6 is 31.9 Å². The molecule has 0 radical (unpaired) electrons. The molecular weight excluding hydrogens is 536 g/mol. The number of hydrogen-bond donors (Lipinski definition) is 0. The maximum absolute atomic E-state index is 12.9. The molecule has 6 heteroatoms. The molecule has 0 unspecified atom stereocenters. The fraction of sp³-hybridized carbons (Fsp3) is 0. The summed E-state index contributed by atoms with van der Waals surface area (Å²) in [7, 11) is 0. The van der Waals surface area contributed by atoms with E-state index in [9.17, 15) is 9.59 Å². The lowest BCUT2D eigenvalue weighted by Crippen LogP contribution is -2.13. The first-order valence-electron chi connectivity index (χ1n) is 9.65. The van der Waals surface area contributed by atoms with Crippen molar-refractivity contribution in [1.82, 2.24) is 0 Å². The quantitative estimate of drug-likeness (QED) is 0.193. The van der Waals surface area contributed by atoms with Crippen LogP contribution in [-0.4, -0.2) is 11.9 Å². The van der Waals surface area contributed by atoms with E-state index in [1.807, 2.05) is 12.1 Å². The van der Waals surface area contributed by atoms with Crippen molar-refractivity contribution in [2.24, 2.45) is 0 Å². The summed E-state index contributed by atoms with van der Waals surface area (Å²) in [6.45, 7) is 0. The Morgan fingerprint density at radius 2 is 0.844 bits per heavy atom. The monoisotopic (exact) mass is 550 g/mol. The van der Waals surface area contributed by atoms with E-state index in [0.29, 0.717) is 33.8 Å². The highest BCUT2D eigenvalue weighted by molar-refractivity contribution is 9.10. The third-order valence-corrected chi connectivity index (χ3v) is 5.69. The Labute approximate surface area is 202 Å². The van der Waals surface area contributed by atoms with Gasteiger partial charge in [0.2, 0.25) is 0 Å². The second kappa shape index (κ2) is 9.94. The van der Waals surface area contributed by atoms with Crippen molar-refractivity contribution in [3.63, 3.8) is 0 Å². The molecule has 4 nitrogen and oxygen atoms in total. The summed E-state index contributed by atoms with van der Waals surface area (Å²) >= 11 is 6.72. The van der Waals surface area contributed by atoms with Crippen molar-refractivity contribution in [2.75, 3.05) is 0 Å². The van der Waals surface area contributed by atoms with Crippen molar-refractivity contribution in [2.45, 2.75) is 0 Å². The van der Waals surface area contributed by atoms with Crippen LogP contribution in [0.4, 0.5) is 0 Å². The first-order valence-corrected chi connectivity index (χ1v) is 11.2. The van der Waals surface area contributed by atoms with Gasteiger partial charge in [-0.05, 0) is 71.8 Å². The zero-order chi connectivity index (χ0) is 22.5. The molecule has 0 atom stereocenters. The van der Waals surface area contributed by atoms with Crippen LogP contribution in [0.3, 0.4) is 0 Å². The number of halogens is 2. The van der Waals surface area contributed by atoms with Crippen LogP contribution in [0.2, 0.25) is 0 Å². The second-order valence-electron chi connectivity index (χ2n) is 6.78. The van der Waals surface area contributed by atoms with Gasteiger partial charge in [-0.15, -0.1) is 0 Å². The topological polar surface area (TPSA) is 52.6 Å². The van der Waals surface area contributed by atoms with Crippen molar-refractivity contribution in [3.8, 4) is 22.6 Å². The number of carbonyl (C=O) groups excluding carboxylic acids is 2. The van der Waals surface area contributed by atoms with E-state index in [2.05, 4.69) is 31.9 Å². The molecule has 0 fully saturated rings. The van der Waals surface area contributed by atoms with Crippen LogP contribution in [0.25, 0.3) is 11.1 Å². The lowest BCUT2D eigenvalue weighted by atomic mass is 9.95. The van der Waals surface area contributed by atoms with E-state index >= 15 is 0 Å². The molecule has 0 spiro atoms. The minimum Gasteiger partial charge on any atom is -0.423 e. The molecule has 0 heterocycles. The lowest BCUT2D eigenvalue weighted by Gasteiger charge is -2.13. The number of hydrogen-bond acceptors (Lipinski definition) is 4. The second-order valence-corrected chi connectivity index (χ2v) is 8.61. The Bertz CT molecular complexity index is 1160. The third-order valence-electron chi connectivity index (χ3n) is 4.63. The summed E-state index contributed by atoms with van der Waals surface area (Å²) in [6.07, 6.45) is 0. The SMILES string of the molecule is O=C(Oc1ccc(Br)cc1)c1ccccc1-c1ccccc1C(=O)Oc1ccc(Br)cc1. The Morgan fingerprint density at radius 3 is 1.22 bits per heavy atom. The van der Waals surface area contributed by atoms with Crippen LogP contribution in [-0.2, 0) is 0 Å². The van der Waals surface area contributed by atoms with Gasteiger partial charge in [-0.1, -0.05) is 68.3 Å². The summed E-state index contributed by atoms with van der Waals surface area (Å²) in [6, 6.07) is 28.0. The van der Waals surface area contributed by atoms with Crippen LogP contribution < -0.4 is 9.47 Å². The number of benzene rings is 4. The van der Waals surface area contributed by atoms with Gasteiger partial charge in [0.15, 0.2) is 0 Å². The van der Waals surface area contributed by atoms with E-state index in [-0.39, 0.29) is 0 Å². The highest BCUT2D eigenvalue weighted by Gasteiger charge is 2.20. The molecule has 0 aliphatic carbocycles. The van der Waals surface area contributed by atoms with Gasteiger partial charge >= 0.3 is 11.9 Å². The summed E-state index contributed by atoms with van der Waals surface area (Å²) in [5.41, 5.74) is 1.86. The van der Waals surface area contributed by atoms with Crippen molar-refractivity contribution in [3.05, 3.63) is 117 Å². The van der Waals surface area contributed by atoms with E-state index in [1.165, 1.54) is 0 Å². The molecule has 4 aromatic carbocycles. The van der Waals surface area contributed by atoms with E-state index < -0.39 is 11.9 Å². The zero-order valence-electron chi connectivity index (χ0n) is 16.6. The maximum atomic E-state index is 12.9. The summed E-state index contributed by atoms with van der Waals surface area (Å²) < 4.78 is 12.9. The fourth-order valence-electron chi connectivity index (χ4n) is 3.12. The maximum Gasteiger partial charge on any atom is 0.344 e. The molecule has 158 valence electrons. The first kappa shape index (κ1) is 22.0. The van der Waals surface area contributed by atoms with Crippen molar-refractivity contribution in [1.29, 1.82) is 0 Å². The molecule has 0 aliphatic rings. The molecule has 4 rings (SSSR count). The Kier molecular flexibility index (Phi) is 6.83. The summed E-state index contributed by atoms with van der Waals surface area (Å²) in [5.74, 6) is -0.176. The van der Waals surface area contributed by atoms with Gasteiger partial charge in [0.05, 0.1) is 11.1 Å². The number of ether oxygens (including phenoxy) is 2. The smallest absolute Gasteiger partial charge is 0.344 e. The van der Waals surface area contributed by atoms with Crippen molar-refractivity contribution >= 4 is 43.8 Å². The summed E-state index contributed by atoms with van der Waals surface area (Å²) in [5, 5.41) is 0. The average Bonchev–Trinajstić information content (AvgIpc) is 2.82. The Hall–Kier alpha value is -3.22. The van der Waals surface area contributed by atoms with Gasteiger partial charge in [0.25, 0.3) is 0 Å². The normalized spacial score (nSPS) is 10.4. The molecule has 0 N–H and O–H groups in total. The molecule has 32 heavy (non-hydrogen) atoms. The Balaban J connectivity index is 1.66. The fourth-order valence-corrected chi connectivity index (χ4v) is 3.65. The lowest BCUT2D eigenvalue weighted by molar-refractivity contribution is 0.0723. The molecule has 0 amide bonds. The minimum atomic E-state index is -0.515. The average molecular weight is 552 g/mol. The van der Waals surface area contributed by atoms with Crippen LogP contribution in [0, 0.1) is 0 Å². The number of esters is 2. The Morgan fingerprint density at radius 1 is 0.500 bits per heavy atom. The summed E-state index contributed by atoms with van der Waals surface area (Å²) in [4.78, 5) is 25.9. The first-order chi connectivity index (χ1) is 15.5. The minimum absolute atomic E-state index is 0.347. The van der Waals surface area contributed by atoms with Crippen LogP contribution in [0.1, 0.15) is 20.7 Å². The molecule has 0 aliphatic heterocycles. The van der Waals surface area contributed by atoms with E-state index in [4.69, 9.17) is 9.47 Å². The zero-order valence-corrected chi connectivity index (χ0v) is 19.8. The number of carbonyl (C=O) groups is 2. The number of rotatable bonds is 5. The largest absolute Gasteiger partial charge is 0.423 e. The van der Waals surface area contributed by atoms with Gasteiger partial charge in [-0.2, -0.15) is 0 Å². The standard InChI is InChI=1S/C26H16Br2O4/c27-17-9-13-19(14-10-17)31-25(29)23-7-3-1-5-21(23)22-6-2-4-8-24(22)26(30)32-20-15-11-18(28)12-16-20/h1-16H. The molecular formula is C26H16Br2O4. The third kappa shape index (κ3) is 5.15. The van der Waals surface area contributed by atoms with Gasteiger partial charge in [0.1, 0.15) is 11.5 Å². The molecule has 0 saturated heterocycles. The van der Waals surface area contributed by atoms with Crippen molar-refractivity contribution < 1.29 is 19.1 Å². The predicted octanol–water partition coefficient (Wildman–Crippen LogP) is 7.32. The van der Waals surface area contributed by atoms with Gasteiger partial charge in [-0.3, -0.25) is 0 Å². The predicted molar refractivity (Wildman–Crippen MR) is 130 cm³/mol. The molecule has 0 saturated carbocycles. The molecule has 0 bridgehead atoms. The van der Waals surface area contributed by atoms with E-state index in [0.717, 1.165) is 8.95 Å². The van der Waals surface area contributed by atoms with Gasteiger partial charge in [0, 0.05) is 8.95 Å². The van der Waals surface area contributed by atoms with Crippen LogP contribution in [0.5, 0.6) is 11.5 Å². The van der Waals surface area contributed by atoms with Gasteiger partial charge in [-0.25, -0.2) is 9.59 Å². The highest BCUT2D eigenvalue weighted by atomic mass is 79.9.